The zero-order chi connectivity index (χ0) is 22.7. The Balaban J connectivity index is 1.36. The Morgan fingerprint density at radius 3 is 2.84 bits per heavy atom. The molecule has 1 aromatic heterocycles. The van der Waals surface area contributed by atoms with Crippen LogP contribution in [0.1, 0.15) is 91.5 Å². The first kappa shape index (κ1) is 23.0. The standard InChI is InChI=1S/C27H34ClN3O/c1-3-19(2)25-23(17-28)10-14-31(25)24-8-7-21(16-24)18-30-27(12-13-27)11-9-20-5-4-6-22(15-20)26(29)32/h4-6,10,14-15,19,21,24,30H,3,7-8,12-13,16-18H2,1-2H3,(H2,29,32). The number of hydrogen-bond donors (Lipinski definition) is 2. The van der Waals surface area contributed by atoms with Crippen LogP contribution in [0, 0.1) is 17.8 Å². The molecule has 4 nitrogen and oxygen atoms in total. The first-order valence-corrected chi connectivity index (χ1v) is 12.4. The van der Waals surface area contributed by atoms with Gasteiger partial charge in [0.25, 0.3) is 0 Å². The monoisotopic (exact) mass is 451 g/mol. The Morgan fingerprint density at radius 2 is 2.16 bits per heavy atom. The van der Waals surface area contributed by atoms with E-state index in [9.17, 15) is 4.79 Å². The minimum Gasteiger partial charge on any atom is -0.366 e. The maximum absolute atomic E-state index is 11.4. The number of nitrogens with zero attached hydrogens (tertiary/aromatic N) is 1. The van der Waals surface area contributed by atoms with Crippen molar-refractivity contribution in [3.63, 3.8) is 0 Å². The van der Waals surface area contributed by atoms with Gasteiger partial charge in [-0.25, -0.2) is 0 Å². The maximum atomic E-state index is 11.4. The molecule has 1 heterocycles. The van der Waals surface area contributed by atoms with Crippen molar-refractivity contribution in [3.05, 3.63) is 58.9 Å². The number of carbonyl (C=O) groups excluding carboxylic acids is 1. The van der Waals surface area contributed by atoms with E-state index in [-0.39, 0.29) is 5.54 Å². The number of aromatic nitrogens is 1. The molecule has 0 aliphatic heterocycles. The molecule has 1 aromatic carbocycles. The summed E-state index contributed by atoms with van der Waals surface area (Å²) in [7, 11) is 0. The van der Waals surface area contributed by atoms with Gasteiger partial charge < -0.3 is 15.6 Å². The van der Waals surface area contributed by atoms with E-state index in [4.69, 9.17) is 17.3 Å². The lowest BCUT2D eigenvalue weighted by Gasteiger charge is -2.22. The number of nitrogens with one attached hydrogen (secondary N) is 1. The molecule has 2 aromatic rings. The molecular weight excluding hydrogens is 418 g/mol. The summed E-state index contributed by atoms with van der Waals surface area (Å²) in [5.41, 5.74) is 9.39. The van der Waals surface area contributed by atoms with Crippen LogP contribution in [0.2, 0.25) is 0 Å². The fraction of sp³-hybridized carbons (Fsp3) is 0.519. The summed E-state index contributed by atoms with van der Waals surface area (Å²) in [6.07, 6.45) is 9.24. The Morgan fingerprint density at radius 1 is 1.34 bits per heavy atom. The molecule has 5 heteroatoms. The molecule has 2 aliphatic carbocycles. The lowest BCUT2D eigenvalue weighted by atomic mass is 10.0. The molecule has 0 saturated heterocycles. The van der Waals surface area contributed by atoms with Gasteiger partial charge in [0.05, 0.1) is 5.54 Å². The highest BCUT2D eigenvalue weighted by molar-refractivity contribution is 6.17. The molecule has 0 spiro atoms. The van der Waals surface area contributed by atoms with Crippen LogP contribution in [0.5, 0.6) is 0 Å². The zero-order valence-electron chi connectivity index (χ0n) is 19.2. The molecule has 2 saturated carbocycles. The van der Waals surface area contributed by atoms with Crippen LogP contribution in [0.4, 0.5) is 0 Å². The molecule has 0 bridgehead atoms. The van der Waals surface area contributed by atoms with Gasteiger partial charge in [-0.1, -0.05) is 31.8 Å². The van der Waals surface area contributed by atoms with Crippen molar-refractivity contribution in [3.8, 4) is 11.8 Å². The number of benzene rings is 1. The minimum atomic E-state index is -0.416. The summed E-state index contributed by atoms with van der Waals surface area (Å²) in [4.78, 5) is 11.4. The highest BCUT2D eigenvalue weighted by atomic mass is 35.5. The largest absolute Gasteiger partial charge is 0.366 e. The molecule has 170 valence electrons. The third kappa shape index (κ3) is 5.05. The summed E-state index contributed by atoms with van der Waals surface area (Å²) in [5, 5.41) is 3.76. The number of alkyl halides is 1. The topological polar surface area (TPSA) is 60.1 Å². The van der Waals surface area contributed by atoms with E-state index in [0.29, 0.717) is 29.3 Å². The average molecular weight is 452 g/mol. The number of carbonyl (C=O) groups is 1. The number of halogens is 1. The fourth-order valence-electron chi connectivity index (χ4n) is 4.94. The van der Waals surface area contributed by atoms with Crippen molar-refractivity contribution in [2.75, 3.05) is 6.54 Å². The summed E-state index contributed by atoms with van der Waals surface area (Å²) in [5.74, 6) is 8.06. The molecule has 1 amide bonds. The van der Waals surface area contributed by atoms with Crippen molar-refractivity contribution in [1.82, 2.24) is 9.88 Å². The predicted octanol–water partition coefficient (Wildman–Crippen LogP) is 5.35. The van der Waals surface area contributed by atoms with Crippen molar-refractivity contribution in [2.24, 2.45) is 11.7 Å². The SMILES string of the molecule is CCC(C)c1c(CCl)ccn1C1CCC(CNC2(C#Cc3cccc(C(N)=O)c3)CC2)C1. The second kappa shape index (κ2) is 9.73. The van der Waals surface area contributed by atoms with E-state index in [2.05, 4.69) is 47.8 Å². The van der Waals surface area contributed by atoms with Crippen LogP contribution in [0.25, 0.3) is 0 Å². The van der Waals surface area contributed by atoms with Crippen LogP contribution in [-0.2, 0) is 5.88 Å². The van der Waals surface area contributed by atoms with E-state index in [0.717, 1.165) is 31.4 Å². The first-order chi connectivity index (χ1) is 15.4. The molecule has 32 heavy (non-hydrogen) atoms. The van der Waals surface area contributed by atoms with Crippen LogP contribution in [0.3, 0.4) is 0 Å². The zero-order valence-corrected chi connectivity index (χ0v) is 19.9. The average Bonchev–Trinajstić information content (AvgIpc) is 3.21. The van der Waals surface area contributed by atoms with Gasteiger partial charge in [-0.15, -0.1) is 11.6 Å². The quantitative estimate of drug-likeness (QED) is 0.419. The normalized spacial score (nSPS) is 22.2. The second-order valence-electron chi connectivity index (χ2n) is 9.57. The van der Waals surface area contributed by atoms with E-state index < -0.39 is 5.91 Å². The summed E-state index contributed by atoms with van der Waals surface area (Å²) in [6, 6.07) is 10.0. The minimum absolute atomic E-state index is 0.0675. The lowest BCUT2D eigenvalue weighted by molar-refractivity contribution is 0.1000. The number of nitrogens with two attached hydrogens (primary N) is 1. The van der Waals surface area contributed by atoms with Crippen LogP contribution in [0.15, 0.2) is 36.5 Å². The number of amides is 1. The Bertz CT molecular complexity index is 1030. The van der Waals surface area contributed by atoms with Crippen LogP contribution in [-0.4, -0.2) is 22.6 Å². The number of rotatable bonds is 8. The van der Waals surface area contributed by atoms with Gasteiger partial charge in [-0.2, -0.15) is 0 Å². The third-order valence-corrected chi connectivity index (χ3v) is 7.53. The summed E-state index contributed by atoms with van der Waals surface area (Å²) < 4.78 is 2.52. The Labute approximate surface area is 196 Å². The lowest BCUT2D eigenvalue weighted by Crippen LogP contribution is -2.33. The molecule has 3 atom stereocenters. The Kier molecular flexibility index (Phi) is 6.98. The van der Waals surface area contributed by atoms with Crippen LogP contribution >= 0.6 is 11.6 Å². The smallest absolute Gasteiger partial charge is 0.248 e. The number of hydrogen-bond acceptors (Lipinski definition) is 2. The van der Waals surface area contributed by atoms with E-state index >= 15 is 0 Å². The van der Waals surface area contributed by atoms with Gasteiger partial charge in [-0.05, 0) is 86.7 Å². The van der Waals surface area contributed by atoms with Crippen molar-refractivity contribution >= 4 is 17.5 Å². The van der Waals surface area contributed by atoms with Gasteiger partial charge in [-0.3, -0.25) is 4.79 Å². The number of primary amides is 1. The molecule has 2 fully saturated rings. The van der Waals surface area contributed by atoms with E-state index in [1.54, 1.807) is 12.1 Å². The maximum Gasteiger partial charge on any atom is 0.248 e. The van der Waals surface area contributed by atoms with Crippen LogP contribution < -0.4 is 11.1 Å². The second-order valence-corrected chi connectivity index (χ2v) is 9.83. The van der Waals surface area contributed by atoms with Gasteiger partial charge >= 0.3 is 0 Å². The fourth-order valence-corrected chi connectivity index (χ4v) is 5.16. The first-order valence-electron chi connectivity index (χ1n) is 11.9. The van der Waals surface area contributed by atoms with Gasteiger partial charge in [0.2, 0.25) is 5.91 Å². The van der Waals surface area contributed by atoms with Gasteiger partial charge in [0.1, 0.15) is 0 Å². The molecule has 3 N–H and O–H groups in total. The van der Waals surface area contributed by atoms with Gasteiger partial charge in [0.15, 0.2) is 0 Å². The van der Waals surface area contributed by atoms with Crippen molar-refractivity contribution in [1.29, 1.82) is 0 Å². The molecule has 0 radical (unpaired) electrons. The van der Waals surface area contributed by atoms with Crippen molar-refractivity contribution < 1.29 is 4.79 Å². The van der Waals surface area contributed by atoms with E-state index in [1.807, 2.05) is 12.1 Å². The summed E-state index contributed by atoms with van der Waals surface area (Å²) in [6.45, 7) is 5.57. The Hall–Kier alpha value is -2.22. The summed E-state index contributed by atoms with van der Waals surface area (Å²) >= 11 is 6.23. The molecule has 2 aliphatic rings. The predicted molar refractivity (Wildman–Crippen MR) is 131 cm³/mol. The molecule has 4 rings (SSSR count). The highest BCUT2D eigenvalue weighted by Crippen LogP contribution is 2.40. The highest BCUT2D eigenvalue weighted by Gasteiger charge is 2.41. The molecular formula is C27H34ClN3O. The third-order valence-electron chi connectivity index (χ3n) is 7.25. The molecule has 3 unspecified atom stereocenters. The van der Waals surface area contributed by atoms with Gasteiger partial charge in [0, 0.05) is 34.9 Å². The van der Waals surface area contributed by atoms with E-state index in [1.165, 1.54) is 30.5 Å². The van der Waals surface area contributed by atoms with Crippen molar-refractivity contribution in [2.45, 2.75) is 75.8 Å².